The van der Waals surface area contributed by atoms with Crippen molar-refractivity contribution < 1.29 is 4.39 Å². The van der Waals surface area contributed by atoms with E-state index < -0.39 is 0 Å². The van der Waals surface area contributed by atoms with Gasteiger partial charge in [-0.3, -0.25) is 0 Å². The fraction of sp³-hybridized carbons (Fsp3) is 0.538. The van der Waals surface area contributed by atoms with Crippen LogP contribution < -0.4 is 10.6 Å². The molecular formula is C13H19FN2. The van der Waals surface area contributed by atoms with Crippen molar-refractivity contribution >= 4 is 5.69 Å². The van der Waals surface area contributed by atoms with E-state index in [0.29, 0.717) is 11.6 Å². The Balaban J connectivity index is 2.34. The highest BCUT2D eigenvalue weighted by atomic mass is 19.1. The Morgan fingerprint density at radius 2 is 2.25 bits per heavy atom. The first-order valence-corrected chi connectivity index (χ1v) is 5.98. The Kier molecular flexibility index (Phi) is 3.44. The van der Waals surface area contributed by atoms with Gasteiger partial charge in [-0.05, 0) is 38.3 Å². The number of rotatable bonds is 2. The predicted octanol–water partition coefficient (Wildman–Crippen LogP) is 2.66. The highest BCUT2D eigenvalue weighted by molar-refractivity contribution is 5.55. The van der Waals surface area contributed by atoms with E-state index in [0.717, 1.165) is 12.2 Å². The lowest BCUT2D eigenvalue weighted by atomic mass is 10.0. The van der Waals surface area contributed by atoms with E-state index in [4.69, 9.17) is 5.73 Å². The van der Waals surface area contributed by atoms with Crippen LogP contribution in [0.1, 0.15) is 31.7 Å². The molecule has 0 bridgehead atoms. The molecule has 88 valence electrons. The molecule has 1 fully saturated rings. The number of anilines is 1. The molecule has 0 saturated carbocycles. The van der Waals surface area contributed by atoms with Gasteiger partial charge in [0.15, 0.2) is 0 Å². The summed E-state index contributed by atoms with van der Waals surface area (Å²) in [4.78, 5) is 2.29. The molecule has 0 aromatic heterocycles. The Labute approximate surface area is 96.2 Å². The van der Waals surface area contributed by atoms with Crippen LogP contribution in [0.15, 0.2) is 18.2 Å². The maximum Gasteiger partial charge on any atom is 0.129 e. The molecule has 2 rings (SSSR count). The number of halogens is 1. The third-order valence-corrected chi connectivity index (χ3v) is 3.41. The zero-order chi connectivity index (χ0) is 11.5. The van der Waals surface area contributed by atoms with Gasteiger partial charge in [-0.1, -0.05) is 6.07 Å². The van der Waals surface area contributed by atoms with Gasteiger partial charge in [-0.25, -0.2) is 4.39 Å². The molecule has 0 aliphatic carbocycles. The van der Waals surface area contributed by atoms with Crippen molar-refractivity contribution in [2.45, 2.75) is 38.8 Å². The van der Waals surface area contributed by atoms with Crippen molar-refractivity contribution in [1.82, 2.24) is 0 Å². The first-order valence-electron chi connectivity index (χ1n) is 5.98. The summed E-state index contributed by atoms with van der Waals surface area (Å²) in [6.07, 6.45) is 3.64. The van der Waals surface area contributed by atoms with Crippen LogP contribution in [-0.4, -0.2) is 12.6 Å². The number of hydrogen-bond donors (Lipinski definition) is 1. The second-order valence-corrected chi connectivity index (χ2v) is 4.48. The van der Waals surface area contributed by atoms with Gasteiger partial charge < -0.3 is 10.6 Å². The number of nitrogens with zero attached hydrogens (tertiary/aromatic N) is 1. The van der Waals surface area contributed by atoms with Crippen LogP contribution >= 0.6 is 0 Å². The van der Waals surface area contributed by atoms with Crippen LogP contribution in [0.2, 0.25) is 0 Å². The summed E-state index contributed by atoms with van der Waals surface area (Å²) in [5, 5.41) is 0. The van der Waals surface area contributed by atoms with Crippen LogP contribution in [0.3, 0.4) is 0 Å². The molecule has 0 spiro atoms. The maximum absolute atomic E-state index is 13.6. The molecule has 1 unspecified atom stereocenters. The fourth-order valence-corrected chi connectivity index (χ4v) is 2.47. The average molecular weight is 222 g/mol. The SMILES string of the molecule is CC1CCCCN1c1cccc(F)c1CN. The van der Waals surface area contributed by atoms with Gasteiger partial charge in [0, 0.05) is 30.4 Å². The molecule has 2 N–H and O–H groups in total. The Bertz CT molecular complexity index is 365. The van der Waals surface area contributed by atoms with E-state index >= 15 is 0 Å². The second-order valence-electron chi connectivity index (χ2n) is 4.48. The van der Waals surface area contributed by atoms with E-state index in [1.807, 2.05) is 6.07 Å². The van der Waals surface area contributed by atoms with Crippen molar-refractivity contribution in [1.29, 1.82) is 0 Å². The van der Waals surface area contributed by atoms with Gasteiger partial charge in [-0.15, -0.1) is 0 Å². The van der Waals surface area contributed by atoms with Crippen LogP contribution in [-0.2, 0) is 6.54 Å². The van der Waals surface area contributed by atoms with E-state index in [1.165, 1.54) is 25.3 Å². The molecule has 1 aliphatic rings. The van der Waals surface area contributed by atoms with Gasteiger partial charge in [0.2, 0.25) is 0 Å². The average Bonchev–Trinajstić information content (AvgIpc) is 2.29. The lowest BCUT2D eigenvalue weighted by Crippen LogP contribution is -2.38. The Morgan fingerprint density at radius 1 is 1.44 bits per heavy atom. The highest BCUT2D eigenvalue weighted by Gasteiger charge is 2.21. The van der Waals surface area contributed by atoms with E-state index in [9.17, 15) is 4.39 Å². The van der Waals surface area contributed by atoms with E-state index in [2.05, 4.69) is 11.8 Å². The van der Waals surface area contributed by atoms with Gasteiger partial charge in [-0.2, -0.15) is 0 Å². The lowest BCUT2D eigenvalue weighted by molar-refractivity contribution is 0.482. The van der Waals surface area contributed by atoms with Crippen molar-refractivity contribution in [2.75, 3.05) is 11.4 Å². The maximum atomic E-state index is 13.6. The monoisotopic (exact) mass is 222 g/mol. The summed E-state index contributed by atoms with van der Waals surface area (Å²) >= 11 is 0. The minimum Gasteiger partial charge on any atom is -0.368 e. The van der Waals surface area contributed by atoms with Crippen LogP contribution in [0.4, 0.5) is 10.1 Å². The molecule has 0 amide bonds. The zero-order valence-corrected chi connectivity index (χ0v) is 9.75. The summed E-state index contributed by atoms with van der Waals surface area (Å²) < 4.78 is 13.6. The molecule has 1 aromatic carbocycles. The number of hydrogen-bond acceptors (Lipinski definition) is 2. The van der Waals surface area contributed by atoms with Gasteiger partial charge in [0.1, 0.15) is 5.82 Å². The Morgan fingerprint density at radius 3 is 2.94 bits per heavy atom. The quantitative estimate of drug-likeness (QED) is 0.833. The minimum atomic E-state index is -0.183. The molecule has 2 nitrogen and oxygen atoms in total. The molecular weight excluding hydrogens is 203 g/mol. The van der Waals surface area contributed by atoms with Crippen molar-refractivity contribution in [3.63, 3.8) is 0 Å². The number of benzene rings is 1. The van der Waals surface area contributed by atoms with Crippen molar-refractivity contribution in [3.05, 3.63) is 29.6 Å². The summed E-state index contributed by atoms with van der Waals surface area (Å²) in [7, 11) is 0. The van der Waals surface area contributed by atoms with E-state index in [-0.39, 0.29) is 12.4 Å². The first kappa shape index (κ1) is 11.4. The Hall–Kier alpha value is -1.09. The zero-order valence-electron chi connectivity index (χ0n) is 9.75. The third kappa shape index (κ3) is 2.05. The van der Waals surface area contributed by atoms with Gasteiger partial charge in [0.05, 0.1) is 0 Å². The first-order chi connectivity index (χ1) is 7.74. The molecule has 1 aliphatic heterocycles. The second kappa shape index (κ2) is 4.83. The smallest absolute Gasteiger partial charge is 0.129 e. The highest BCUT2D eigenvalue weighted by Crippen LogP contribution is 2.28. The largest absolute Gasteiger partial charge is 0.368 e. The molecule has 1 aromatic rings. The topological polar surface area (TPSA) is 29.3 Å². The molecule has 0 radical (unpaired) electrons. The third-order valence-electron chi connectivity index (χ3n) is 3.41. The number of nitrogens with two attached hydrogens (primary N) is 1. The molecule has 3 heteroatoms. The summed E-state index contributed by atoms with van der Waals surface area (Å²) in [6, 6.07) is 5.72. The molecule has 16 heavy (non-hydrogen) atoms. The molecule has 1 atom stereocenters. The fourth-order valence-electron chi connectivity index (χ4n) is 2.47. The lowest BCUT2D eigenvalue weighted by Gasteiger charge is -2.36. The van der Waals surface area contributed by atoms with Crippen LogP contribution in [0.5, 0.6) is 0 Å². The standard InChI is InChI=1S/C13H19FN2/c1-10-5-2-3-8-16(10)13-7-4-6-12(14)11(13)9-15/h4,6-7,10H,2-3,5,8-9,15H2,1H3. The van der Waals surface area contributed by atoms with Crippen LogP contribution in [0, 0.1) is 5.82 Å². The van der Waals surface area contributed by atoms with Crippen LogP contribution in [0.25, 0.3) is 0 Å². The van der Waals surface area contributed by atoms with Crippen molar-refractivity contribution in [2.24, 2.45) is 5.73 Å². The predicted molar refractivity (Wildman–Crippen MR) is 65.0 cm³/mol. The number of piperidine rings is 1. The molecule has 1 heterocycles. The summed E-state index contributed by atoms with van der Waals surface area (Å²) in [5.74, 6) is -0.183. The minimum absolute atomic E-state index is 0.183. The normalized spacial score (nSPS) is 21.2. The summed E-state index contributed by atoms with van der Waals surface area (Å²) in [5.41, 5.74) is 7.27. The summed E-state index contributed by atoms with van der Waals surface area (Å²) in [6.45, 7) is 3.48. The van der Waals surface area contributed by atoms with E-state index in [1.54, 1.807) is 6.07 Å². The van der Waals surface area contributed by atoms with Crippen molar-refractivity contribution in [3.8, 4) is 0 Å². The van der Waals surface area contributed by atoms with Gasteiger partial charge >= 0.3 is 0 Å². The molecule has 1 saturated heterocycles. The van der Waals surface area contributed by atoms with Gasteiger partial charge in [0.25, 0.3) is 0 Å².